The van der Waals surface area contributed by atoms with Crippen molar-refractivity contribution in [3.8, 4) is 11.5 Å². The zero-order valence-corrected chi connectivity index (χ0v) is 18.8. The number of esters is 1. The molecule has 1 aliphatic rings. The van der Waals surface area contributed by atoms with Crippen molar-refractivity contribution in [1.29, 1.82) is 0 Å². The Balaban J connectivity index is 1.64. The number of hydrogen-bond acceptors (Lipinski definition) is 8. The molecule has 0 radical (unpaired) electrons. The number of amides is 1. The predicted octanol–water partition coefficient (Wildman–Crippen LogP) is 2.29. The van der Waals surface area contributed by atoms with Gasteiger partial charge in [0.05, 0.1) is 27.5 Å². The SMILES string of the molecule is CCOC(=O)Cn1c(=NC(=O)CCS(=O)(=O)c2ccccc2)sc2cc3c(cc21)OCO3. The third-order valence-corrected chi connectivity index (χ3v) is 7.45. The summed E-state index contributed by atoms with van der Waals surface area (Å²) >= 11 is 1.19. The molecule has 11 heteroatoms. The number of sulfone groups is 1. The number of aromatic nitrogens is 1. The molecule has 2 heterocycles. The van der Waals surface area contributed by atoms with E-state index in [0.29, 0.717) is 17.0 Å². The van der Waals surface area contributed by atoms with E-state index in [1.54, 1.807) is 41.8 Å². The summed E-state index contributed by atoms with van der Waals surface area (Å²) in [4.78, 5) is 29.2. The molecular formula is C21H20N2O7S2. The molecule has 4 rings (SSSR count). The quantitative estimate of drug-likeness (QED) is 0.481. The second-order valence-electron chi connectivity index (χ2n) is 6.84. The zero-order chi connectivity index (χ0) is 22.7. The number of thiazole rings is 1. The Bertz CT molecular complexity index is 1340. The summed E-state index contributed by atoms with van der Waals surface area (Å²) in [6.45, 7) is 1.88. The van der Waals surface area contributed by atoms with Crippen LogP contribution in [-0.2, 0) is 30.7 Å². The molecule has 1 aromatic heterocycles. The van der Waals surface area contributed by atoms with Crippen LogP contribution in [0, 0.1) is 0 Å². The standard InChI is InChI=1S/C21H20N2O7S2/c1-2-28-20(25)12-23-15-10-16-17(30-13-29-16)11-18(15)31-21(23)22-19(24)8-9-32(26,27)14-6-4-3-5-7-14/h3-7,10-11H,2,8-9,12-13H2,1H3. The van der Waals surface area contributed by atoms with E-state index in [1.807, 2.05) is 0 Å². The maximum Gasteiger partial charge on any atom is 0.326 e. The Morgan fingerprint density at radius 3 is 2.59 bits per heavy atom. The van der Waals surface area contributed by atoms with Crippen molar-refractivity contribution in [1.82, 2.24) is 4.57 Å². The first-order valence-electron chi connectivity index (χ1n) is 9.81. The number of carbonyl (C=O) groups excluding carboxylic acids is 2. The van der Waals surface area contributed by atoms with Crippen molar-refractivity contribution in [3.05, 3.63) is 47.3 Å². The summed E-state index contributed by atoms with van der Waals surface area (Å²) in [7, 11) is -3.61. The van der Waals surface area contributed by atoms with Crippen LogP contribution < -0.4 is 14.3 Å². The molecule has 0 unspecified atom stereocenters. The molecule has 0 fully saturated rings. The van der Waals surface area contributed by atoms with Gasteiger partial charge in [-0.25, -0.2) is 8.42 Å². The molecule has 0 aliphatic carbocycles. The molecule has 3 aromatic rings. The van der Waals surface area contributed by atoms with Gasteiger partial charge in [-0.3, -0.25) is 9.59 Å². The van der Waals surface area contributed by atoms with Crippen molar-refractivity contribution in [2.24, 2.45) is 4.99 Å². The molecular weight excluding hydrogens is 456 g/mol. The summed E-state index contributed by atoms with van der Waals surface area (Å²) < 4.78 is 43.0. The lowest BCUT2D eigenvalue weighted by molar-refractivity contribution is -0.143. The average Bonchev–Trinajstić information content (AvgIpc) is 3.35. The Morgan fingerprint density at radius 2 is 1.88 bits per heavy atom. The van der Waals surface area contributed by atoms with Gasteiger partial charge in [-0.15, -0.1) is 0 Å². The third-order valence-electron chi connectivity index (χ3n) is 4.68. The van der Waals surface area contributed by atoms with Crippen LogP contribution in [0.5, 0.6) is 11.5 Å². The molecule has 0 saturated heterocycles. The van der Waals surface area contributed by atoms with Gasteiger partial charge in [0, 0.05) is 18.6 Å². The van der Waals surface area contributed by atoms with Gasteiger partial charge in [-0.2, -0.15) is 4.99 Å². The second-order valence-corrected chi connectivity index (χ2v) is 9.95. The van der Waals surface area contributed by atoms with Crippen molar-refractivity contribution < 1.29 is 32.2 Å². The van der Waals surface area contributed by atoms with E-state index in [9.17, 15) is 18.0 Å². The van der Waals surface area contributed by atoms with E-state index in [1.165, 1.54) is 23.5 Å². The number of carbonyl (C=O) groups is 2. The highest BCUT2D eigenvalue weighted by Crippen LogP contribution is 2.37. The van der Waals surface area contributed by atoms with Crippen LogP contribution in [0.1, 0.15) is 13.3 Å². The van der Waals surface area contributed by atoms with Crippen LogP contribution in [0.15, 0.2) is 52.4 Å². The molecule has 0 N–H and O–H groups in total. The molecule has 0 atom stereocenters. The van der Waals surface area contributed by atoms with E-state index >= 15 is 0 Å². The minimum Gasteiger partial charge on any atom is -0.465 e. The number of hydrogen-bond donors (Lipinski definition) is 0. The fraction of sp³-hybridized carbons (Fsp3) is 0.286. The number of rotatable bonds is 7. The summed E-state index contributed by atoms with van der Waals surface area (Å²) in [6.07, 6.45) is -0.284. The van der Waals surface area contributed by atoms with Crippen molar-refractivity contribution in [3.63, 3.8) is 0 Å². The van der Waals surface area contributed by atoms with Gasteiger partial charge in [0.2, 0.25) is 12.7 Å². The molecule has 2 aromatic carbocycles. The molecule has 168 valence electrons. The maximum atomic E-state index is 12.5. The minimum atomic E-state index is -3.61. The van der Waals surface area contributed by atoms with Gasteiger partial charge in [0.25, 0.3) is 0 Å². The lowest BCUT2D eigenvalue weighted by atomic mass is 10.3. The highest BCUT2D eigenvalue weighted by molar-refractivity contribution is 7.91. The number of nitrogens with zero attached hydrogens (tertiary/aromatic N) is 2. The topological polar surface area (TPSA) is 113 Å². The van der Waals surface area contributed by atoms with Gasteiger partial charge >= 0.3 is 5.97 Å². The number of ether oxygens (including phenoxy) is 3. The zero-order valence-electron chi connectivity index (χ0n) is 17.1. The lowest BCUT2D eigenvalue weighted by Crippen LogP contribution is -2.23. The Morgan fingerprint density at radius 1 is 1.16 bits per heavy atom. The van der Waals surface area contributed by atoms with Crippen LogP contribution in [0.2, 0.25) is 0 Å². The maximum absolute atomic E-state index is 12.5. The smallest absolute Gasteiger partial charge is 0.326 e. The normalized spacial score (nSPS) is 13.5. The summed E-state index contributed by atoms with van der Waals surface area (Å²) in [6, 6.07) is 11.4. The predicted molar refractivity (Wildman–Crippen MR) is 116 cm³/mol. The van der Waals surface area contributed by atoms with Crippen molar-refractivity contribution >= 4 is 43.3 Å². The van der Waals surface area contributed by atoms with Gasteiger partial charge < -0.3 is 18.8 Å². The van der Waals surface area contributed by atoms with Gasteiger partial charge in [0.15, 0.2) is 26.1 Å². The number of fused-ring (bicyclic) bond motifs is 2. The molecule has 9 nitrogen and oxygen atoms in total. The van der Waals surface area contributed by atoms with Gasteiger partial charge in [0.1, 0.15) is 6.54 Å². The Hall–Kier alpha value is -3.18. The largest absolute Gasteiger partial charge is 0.465 e. The fourth-order valence-electron chi connectivity index (χ4n) is 3.16. The van der Waals surface area contributed by atoms with Crippen LogP contribution in [0.3, 0.4) is 0 Å². The van der Waals surface area contributed by atoms with Crippen molar-refractivity contribution in [2.75, 3.05) is 19.2 Å². The van der Waals surface area contributed by atoms with Crippen molar-refractivity contribution in [2.45, 2.75) is 24.8 Å². The minimum absolute atomic E-state index is 0.107. The summed E-state index contributed by atoms with van der Waals surface area (Å²) in [5, 5.41) is 0. The Labute approximate surface area is 187 Å². The average molecular weight is 477 g/mol. The second kappa shape index (κ2) is 9.13. The van der Waals surface area contributed by atoms with Gasteiger partial charge in [-0.05, 0) is 19.1 Å². The first-order valence-corrected chi connectivity index (χ1v) is 12.3. The summed E-state index contributed by atoms with van der Waals surface area (Å²) in [5.41, 5.74) is 0.635. The lowest BCUT2D eigenvalue weighted by Gasteiger charge is -2.06. The molecule has 1 amide bonds. The van der Waals surface area contributed by atoms with E-state index in [4.69, 9.17) is 14.2 Å². The first-order chi connectivity index (χ1) is 15.4. The van der Waals surface area contributed by atoms with Gasteiger partial charge in [-0.1, -0.05) is 29.5 Å². The van der Waals surface area contributed by atoms with E-state index in [-0.39, 0.29) is 41.8 Å². The van der Waals surface area contributed by atoms with E-state index in [2.05, 4.69) is 4.99 Å². The Kier molecular flexibility index (Phi) is 6.28. The van der Waals surface area contributed by atoms with E-state index < -0.39 is 21.7 Å². The highest BCUT2D eigenvalue weighted by atomic mass is 32.2. The third kappa shape index (κ3) is 4.68. The molecule has 32 heavy (non-hydrogen) atoms. The molecule has 0 saturated carbocycles. The van der Waals surface area contributed by atoms with Crippen LogP contribution >= 0.6 is 11.3 Å². The molecule has 1 aliphatic heterocycles. The summed E-state index contributed by atoms with van der Waals surface area (Å²) in [5.74, 6) is -0.356. The van der Waals surface area contributed by atoms with Crippen LogP contribution in [-0.4, -0.2) is 44.0 Å². The highest BCUT2D eigenvalue weighted by Gasteiger charge is 2.20. The molecule has 0 spiro atoms. The van der Waals surface area contributed by atoms with E-state index in [0.717, 1.165) is 4.70 Å². The molecule has 0 bridgehead atoms. The van der Waals surface area contributed by atoms with Crippen LogP contribution in [0.25, 0.3) is 10.2 Å². The fourth-order valence-corrected chi connectivity index (χ4v) is 5.47. The number of benzene rings is 2. The van der Waals surface area contributed by atoms with Crippen LogP contribution in [0.4, 0.5) is 0 Å². The first kappa shape index (κ1) is 22.0. The monoisotopic (exact) mass is 476 g/mol.